The van der Waals surface area contributed by atoms with E-state index in [1.807, 2.05) is 0 Å². The second kappa shape index (κ2) is 5.90. The lowest BCUT2D eigenvalue weighted by atomic mass is 9.97. The zero-order chi connectivity index (χ0) is 21.8. The Bertz CT molecular complexity index is 1830. The normalized spacial score (nSPS) is 13.5. The number of rotatable bonds is 0. The molecule has 0 fully saturated rings. The third kappa shape index (κ3) is 2.11. The molecule has 156 valence electrons. The van der Waals surface area contributed by atoms with Crippen LogP contribution in [0.25, 0.3) is 49.6 Å². The van der Waals surface area contributed by atoms with Crippen LogP contribution in [0.2, 0.25) is 0 Å². The Kier molecular flexibility index (Phi) is 3.15. The molecule has 6 aromatic rings. The molecule has 2 aliphatic rings. The first kappa shape index (κ1) is 17.6. The molecule has 0 bridgehead atoms. The van der Waals surface area contributed by atoms with Crippen LogP contribution in [0.3, 0.4) is 0 Å². The van der Waals surface area contributed by atoms with Crippen LogP contribution in [0.4, 0.5) is 0 Å². The van der Waals surface area contributed by atoms with Crippen molar-refractivity contribution in [3.63, 3.8) is 0 Å². The van der Waals surface area contributed by atoms with E-state index in [2.05, 4.69) is 91.0 Å². The predicted molar refractivity (Wildman–Crippen MR) is 136 cm³/mol. The third-order valence-corrected chi connectivity index (χ3v) is 7.98. The maximum atomic E-state index is 5.00. The Morgan fingerprint density at radius 3 is 2.24 bits per heavy atom. The molecule has 2 aliphatic carbocycles. The molecule has 8 rings (SSSR count). The number of aromatic nitrogens is 2. The topological polar surface area (TPSA) is 17.3 Å². The van der Waals surface area contributed by atoms with Crippen molar-refractivity contribution in [3.05, 3.63) is 106 Å². The van der Waals surface area contributed by atoms with E-state index in [4.69, 9.17) is 4.98 Å². The maximum Gasteiger partial charge on any atom is 0.145 e. The van der Waals surface area contributed by atoms with Crippen molar-refractivity contribution in [2.45, 2.75) is 26.7 Å². The Hall–Kier alpha value is -3.91. The number of benzene rings is 4. The second-order valence-corrected chi connectivity index (χ2v) is 9.65. The van der Waals surface area contributed by atoms with E-state index in [1.165, 1.54) is 71.9 Å². The maximum absolute atomic E-state index is 5.00. The molecule has 0 unspecified atom stereocenters. The Morgan fingerprint density at radius 1 is 0.636 bits per heavy atom. The molecule has 0 atom stereocenters. The van der Waals surface area contributed by atoms with Gasteiger partial charge in [-0.2, -0.15) is 0 Å². The molecule has 33 heavy (non-hydrogen) atoms. The highest BCUT2D eigenvalue weighted by Gasteiger charge is 2.28. The molecule has 4 aromatic carbocycles. The van der Waals surface area contributed by atoms with E-state index in [-0.39, 0.29) is 0 Å². The van der Waals surface area contributed by atoms with Crippen LogP contribution in [0.1, 0.15) is 33.6 Å². The highest BCUT2D eigenvalue weighted by Crippen LogP contribution is 2.47. The summed E-state index contributed by atoms with van der Waals surface area (Å²) in [6.07, 6.45) is 2.01. The highest BCUT2D eigenvalue weighted by atomic mass is 15.0. The van der Waals surface area contributed by atoms with E-state index in [9.17, 15) is 0 Å². The summed E-state index contributed by atoms with van der Waals surface area (Å²) in [5, 5.41) is 3.84. The van der Waals surface area contributed by atoms with Crippen molar-refractivity contribution < 1.29 is 0 Å². The summed E-state index contributed by atoms with van der Waals surface area (Å²) in [4.78, 5) is 5.00. The van der Waals surface area contributed by atoms with Gasteiger partial charge in [0, 0.05) is 22.9 Å². The van der Waals surface area contributed by atoms with Gasteiger partial charge in [0.05, 0.1) is 11.2 Å². The average Bonchev–Trinajstić information content (AvgIpc) is 3.48. The van der Waals surface area contributed by atoms with Crippen molar-refractivity contribution in [1.82, 2.24) is 9.38 Å². The molecule has 2 nitrogen and oxygen atoms in total. The van der Waals surface area contributed by atoms with Crippen molar-refractivity contribution in [2.75, 3.05) is 0 Å². The molecule has 0 saturated carbocycles. The van der Waals surface area contributed by atoms with E-state index in [1.54, 1.807) is 0 Å². The van der Waals surface area contributed by atoms with Crippen molar-refractivity contribution in [2.24, 2.45) is 0 Å². The number of imidazole rings is 1. The van der Waals surface area contributed by atoms with Gasteiger partial charge in [0.25, 0.3) is 0 Å². The third-order valence-electron chi connectivity index (χ3n) is 7.98. The van der Waals surface area contributed by atoms with Crippen LogP contribution in [0.5, 0.6) is 0 Å². The number of aryl methyl sites for hydroxylation is 2. The predicted octanol–water partition coefficient (Wildman–Crippen LogP) is 7.40. The van der Waals surface area contributed by atoms with E-state index < -0.39 is 0 Å². The van der Waals surface area contributed by atoms with Crippen LogP contribution < -0.4 is 0 Å². The fraction of sp³-hybridized carbons (Fsp3) is 0.129. The molecule has 0 amide bonds. The number of pyridine rings is 1. The fourth-order valence-corrected chi connectivity index (χ4v) is 6.33. The summed E-state index contributed by atoms with van der Waals surface area (Å²) in [6, 6.07) is 27.2. The van der Waals surface area contributed by atoms with Gasteiger partial charge < -0.3 is 0 Å². The minimum absolute atomic E-state index is 0.974. The van der Waals surface area contributed by atoms with E-state index >= 15 is 0 Å². The van der Waals surface area contributed by atoms with Gasteiger partial charge in [0.2, 0.25) is 0 Å². The van der Waals surface area contributed by atoms with Gasteiger partial charge in [-0.15, -0.1) is 0 Å². The lowest BCUT2D eigenvalue weighted by Crippen LogP contribution is -1.97. The molecule has 0 saturated heterocycles. The summed E-state index contributed by atoms with van der Waals surface area (Å²) in [7, 11) is 0. The van der Waals surface area contributed by atoms with Crippen LogP contribution in [0.15, 0.2) is 72.8 Å². The number of hydrogen-bond donors (Lipinski definition) is 0. The molecule has 0 aliphatic heterocycles. The summed E-state index contributed by atoms with van der Waals surface area (Å²) >= 11 is 0. The van der Waals surface area contributed by atoms with Gasteiger partial charge in [-0.05, 0) is 82.3 Å². The lowest BCUT2D eigenvalue weighted by molar-refractivity contribution is 1.13. The molecule has 0 spiro atoms. The van der Waals surface area contributed by atoms with E-state index in [0.717, 1.165) is 24.2 Å². The van der Waals surface area contributed by atoms with Crippen LogP contribution >= 0.6 is 0 Å². The van der Waals surface area contributed by atoms with Gasteiger partial charge in [0.1, 0.15) is 5.65 Å². The van der Waals surface area contributed by atoms with E-state index in [0.29, 0.717) is 0 Å². The van der Waals surface area contributed by atoms with Crippen molar-refractivity contribution in [3.8, 4) is 22.3 Å². The SMILES string of the molecule is Cc1nc2c3ccccc3c3ccc4c(c3n2c1C)Cc1cc2c(cc1-4)Cc1ccccc1-2. The Balaban J connectivity index is 1.47. The summed E-state index contributed by atoms with van der Waals surface area (Å²) in [5.74, 6) is 0. The molecule has 2 aromatic heterocycles. The van der Waals surface area contributed by atoms with Crippen LogP contribution in [-0.4, -0.2) is 9.38 Å². The van der Waals surface area contributed by atoms with Crippen LogP contribution in [-0.2, 0) is 12.8 Å². The number of hydrogen-bond acceptors (Lipinski definition) is 1. The zero-order valence-corrected chi connectivity index (χ0v) is 18.7. The minimum atomic E-state index is 0.974. The average molecular weight is 423 g/mol. The first-order valence-electron chi connectivity index (χ1n) is 11.8. The smallest absolute Gasteiger partial charge is 0.145 e. The molecular formula is C31H22N2. The summed E-state index contributed by atoms with van der Waals surface area (Å²) in [5.41, 5.74) is 16.2. The lowest BCUT2D eigenvalue weighted by Gasteiger charge is -2.13. The van der Waals surface area contributed by atoms with Gasteiger partial charge in [-0.1, -0.05) is 60.7 Å². The highest BCUT2D eigenvalue weighted by molar-refractivity contribution is 6.14. The molecule has 0 radical (unpaired) electrons. The Labute approximate surface area is 192 Å². The minimum Gasteiger partial charge on any atom is -0.296 e. The first-order valence-corrected chi connectivity index (χ1v) is 11.8. The van der Waals surface area contributed by atoms with Gasteiger partial charge >= 0.3 is 0 Å². The molecule has 0 N–H and O–H groups in total. The van der Waals surface area contributed by atoms with Gasteiger partial charge in [-0.3, -0.25) is 4.40 Å². The second-order valence-electron chi connectivity index (χ2n) is 9.65. The standard InChI is InChI=1S/C31H22N2/c1-17-18(2)33-30-25(23-9-5-6-10-26(23)31(33)32-17)12-11-24-28-14-20-13-19-7-3-4-8-22(19)27(20)15-21(28)16-29(24)30/h3-12,14-15H,13,16H2,1-2H3. The Morgan fingerprint density at radius 2 is 1.36 bits per heavy atom. The number of nitrogens with zero attached hydrogens (tertiary/aromatic N) is 2. The monoisotopic (exact) mass is 422 g/mol. The van der Waals surface area contributed by atoms with Gasteiger partial charge in [-0.25, -0.2) is 4.98 Å². The first-order chi connectivity index (χ1) is 16.2. The quantitative estimate of drug-likeness (QED) is 0.233. The fourth-order valence-electron chi connectivity index (χ4n) is 6.33. The molecule has 2 heterocycles. The molecular weight excluding hydrogens is 400 g/mol. The van der Waals surface area contributed by atoms with Gasteiger partial charge in [0.15, 0.2) is 0 Å². The van der Waals surface area contributed by atoms with Crippen LogP contribution in [0, 0.1) is 13.8 Å². The zero-order valence-electron chi connectivity index (χ0n) is 18.7. The number of fused-ring (bicyclic) bond motifs is 13. The van der Waals surface area contributed by atoms with Crippen molar-refractivity contribution in [1.29, 1.82) is 0 Å². The molecule has 2 heteroatoms. The van der Waals surface area contributed by atoms with Crippen molar-refractivity contribution >= 4 is 27.3 Å². The summed E-state index contributed by atoms with van der Waals surface area (Å²) < 4.78 is 2.42. The summed E-state index contributed by atoms with van der Waals surface area (Å²) in [6.45, 7) is 4.33. The largest absolute Gasteiger partial charge is 0.296 e.